The molecule has 1 fully saturated rings. The van der Waals surface area contributed by atoms with Crippen LogP contribution in [0, 0.1) is 18.3 Å². The van der Waals surface area contributed by atoms with Crippen molar-refractivity contribution in [3.63, 3.8) is 0 Å². The van der Waals surface area contributed by atoms with Crippen molar-refractivity contribution in [1.82, 2.24) is 24.6 Å². The van der Waals surface area contributed by atoms with Crippen LogP contribution in [-0.4, -0.2) is 68.8 Å². The number of aromatic hydroxyl groups is 1. The number of benzene rings is 1. The summed E-state index contributed by atoms with van der Waals surface area (Å²) in [5.74, 6) is 0.471. The van der Waals surface area contributed by atoms with Gasteiger partial charge in [-0.3, -0.25) is 4.79 Å². The van der Waals surface area contributed by atoms with Crippen molar-refractivity contribution >= 4 is 5.91 Å². The molecule has 0 spiro atoms. The molecule has 1 N–H and O–H groups in total. The Hall–Kier alpha value is -3.70. The zero-order chi connectivity index (χ0) is 21.4. The zero-order valence-corrected chi connectivity index (χ0v) is 17.1. The van der Waals surface area contributed by atoms with E-state index in [1.54, 1.807) is 35.2 Å². The summed E-state index contributed by atoms with van der Waals surface area (Å²) in [5.41, 5.74) is 3.07. The van der Waals surface area contributed by atoms with Crippen molar-refractivity contribution in [3.8, 4) is 28.9 Å². The number of hydrogen-bond acceptors (Lipinski definition) is 6. The molecule has 8 nitrogen and oxygen atoms in total. The molecule has 0 atom stereocenters. The predicted octanol–water partition coefficient (Wildman–Crippen LogP) is 2.21. The lowest BCUT2D eigenvalue weighted by Gasteiger charge is -2.42. The number of carbonyl (C=O) groups excluding carboxylic acids is 1. The normalized spacial score (nSPS) is 13.9. The molecule has 3 heterocycles. The predicted molar refractivity (Wildman–Crippen MR) is 111 cm³/mol. The van der Waals surface area contributed by atoms with E-state index in [1.807, 2.05) is 21.0 Å². The number of likely N-dealkylation sites (tertiary alicyclic amines) is 1. The first-order chi connectivity index (χ1) is 14.4. The van der Waals surface area contributed by atoms with Gasteiger partial charge in [-0.05, 0) is 50.8 Å². The molecule has 0 saturated carbocycles. The van der Waals surface area contributed by atoms with Gasteiger partial charge in [-0.1, -0.05) is 6.07 Å². The van der Waals surface area contributed by atoms with Crippen LogP contribution < -0.4 is 0 Å². The van der Waals surface area contributed by atoms with E-state index in [0.717, 1.165) is 11.1 Å². The summed E-state index contributed by atoms with van der Waals surface area (Å²) in [7, 11) is 4.02. The number of rotatable bonds is 4. The van der Waals surface area contributed by atoms with Gasteiger partial charge in [0.1, 0.15) is 5.69 Å². The van der Waals surface area contributed by atoms with Gasteiger partial charge in [0.15, 0.2) is 11.6 Å². The third kappa shape index (κ3) is 3.51. The largest absolute Gasteiger partial charge is 0.504 e. The molecular formula is C22H22N6O2. The summed E-state index contributed by atoms with van der Waals surface area (Å²) < 4.78 is 1.47. The van der Waals surface area contributed by atoms with Crippen molar-refractivity contribution < 1.29 is 9.90 Å². The van der Waals surface area contributed by atoms with Gasteiger partial charge in [0.25, 0.3) is 5.91 Å². The molecule has 1 aliphatic heterocycles. The Morgan fingerprint density at radius 3 is 2.63 bits per heavy atom. The molecule has 1 saturated heterocycles. The SMILES string of the molecule is Cc1cc(C#N)ccc1-c1nn(-c2ccc(C(=O)N3CC(N(C)C)C3)cn2)cc1O. The molecule has 4 rings (SSSR count). The fourth-order valence-electron chi connectivity index (χ4n) is 3.45. The highest BCUT2D eigenvalue weighted by Crippen LogP contribution is 2.31. The van der Waals surface area contributed by atoms with E-state index in [4.69, 9.17) is 5.26 Å². The van der Waals surface area contributed by atoms with E-state index in [1.165, 1.54) is 17.1 Å². The minimum absolute atomic E-state index is 0.0140. The Kier molecular flexibility index (Phi) is 4.98. The Morgan fingerprint density at radius 2 is 2.03 bits per heavy atom. The molecule has 1 aliphatic rings. The highest BCUT2D eigenvalue weighted by atomic mass is 16.3. The number of carbonyl (C=O) groups is 1. The first kappa shape index (κ1) is 19.6. The fourth-order valence-corrected chi connectivity index (χ4v) is 3.45. The lowest BCUT2D eigenvalue weighted by atomic mass is 10.0. The number of nitriles is 1. The molecule has 0 aliphatic carbocycles. The molecule has 30 heavy (non-hydrogen) atoms. The van der Waals surface area contributed by atoms with Crippen molar-refractivity contribution in [1.29, 1.82) is 5.26 Å². The monoisotopic (exact) mass is 402 g/mol. The number of nitrogens with zero attached hydrogens (tertiary/aromatic N) is 6. The summed E-state index contributed by atoms with van der Waals surface area (Å²) >= 11 is 0. The van der Waals surface area contributed by atoms with E-state index in [9.17, 15) is 9.90 Å². The van der Waals surface area contributed by atoms with Crippen LogP contribution in [0.2, 0.25) is 0 Å². The van der Waals surface area contributed by atoms with Crippen molar-refractivity contribution in [2.45, 2.75) is 13.0 Å². The van der Waals surface area contributed by atoms with Crippen LogP contribution in [0.15, 0.2) is 42.7 Å². The molecule has 2 aromatic heterocycles. The van der Waals surface area contributed by atoms with Gasteiger partial charge in [0, 0.05) is 30.9 Å². The Labute approximate surface area is 174 Å². The van der Waals surface area contributed by atoms with Crippen LogP contribution in [0.3, 0.4) is 0 Å². The number of hydrogen-bond donors (Lipinski definition) is 1. The van der Waals surface area contributed by atoms with Gasteiger partial charge in [0.2, 0.25) is 0 Å². The van der Waals surface area contributed by atoms with Crippen LogP contribution in [0.1, 0.15) is 21.5 Å². The Morgan fingerprint density at radius 1 is 1.27 bits per heavy atom. The summed E-state index contributed by atoms with van der Waals surface area (Å²) in [4.78, 5) is 20.8. The summed E-state index contributed by atoms with van der Waals surface area (Å²) in [6, 6.07) is 11.1. The number of likely N-dealkylation sites (N-methyl/N-ethyl adjacent to an activating group) is 1. The Balaban J connectivity index is 1.54. The van der Waals surface area contributed by atoms with Crippen LogP contribution in [-0.2, 0) is 0 Å². The lowest BCUT2D eigenvalue weighted by Crippen LogP contribution is -2.59. The van der Waals surface area contributed by atoms with Gasteiger partial charge in [-0.15, -0.1) is 0 Å². The third-order valence-corrected chi connectivity index (χ3v) is 5.41. The van der Waals surface area contributed by atoms with Crippen molar-refractivity contribution in [2.75, 3.05) is 27.2 Å². The minimum atomic E-state index is -0.0376. The van der Waals surface area contributed by atoms with E-state index < -0.39 is 0 Å². The van der Waals surface area contributed by atoms with E-state index in [-0.39, 0.29) is 11.7 Å². The van der Waals surface area contributed by atoms with Crippen LogP contribution in [0.5, 0.6) is 5.75 Å². The average Bonchev–Trinajstić information content (AvgIpc) is 3.07. The second-order valence-electron chi connectivity index (χ2n) is 7.68. The van der Waals surface area contributed by atoms with Gasteiger partial charge in [0.05, 0.1) is 23.4 Å². The van der Waals surface area contributed by atoms with E-state index >= 15 is 0 Å². The molecule has 0 radical (unpaired) electrons. The number of amides is 1. The second-order valence-corrected chi connectivity index (χ2v) is 7.68. The van der Waals surface area contributed by atoms with Gasteiger partial charge < -0.3 is 14.9 Å². The first-order valence-electron chi connectivity index (χ1n) is 9.59. The molecule has 1 aromatic carbocycles. The first-order valence-corrected chi connectivity index (χ1v) is 9.59. The van der Waals surface area contributed by atoms with Crippen molar-refractivity contribution in [3.05, 3.63) is 59.4 Å². The standard InChI is InChI=1S/C22H22N6O2/c1-14-8-15(9-23)4-6-18(14)21-19(29)13-28(25-21)20-7-5-16(10-24-20)22(30)27-11-17(12-27)26(2)3/h4-8,10,13,17,29H,11-12H2,1-3H3. The van der Waals surface area contributed by atoms with Crippen LogP contribution in [0.25, 0.3) is 17.1 Å². The zero-order valence-electron chi connectivity index (χ0n) is 17.1. The molecule has 8 heteroatoms. The van der Waals surface area contributed by atoms with Gasteiger partial charge >= 0.3 is 0 Å². The van der Waals surface area contributed by atoms with Crippen LogP contribution in [0.4, 0.5) is 0 Å². The third-order valence-electron chi connectivity index (χ3n) is 5.41. The number of pyridine rings is 1. The quantitative estimate of drug-likeness (QED) is 0.718. The Bertz CT molecular complexity index is 1140. The second kappa shape index (κ2) is 7.61. The maximum atomic E-state index is 12.6. The molecular weight excluding hydrogens is 380 g/mol. The van der Waals surface area contributed by atoms with E-state index in [0.29, 0.717) is 41.8 Å². The highest BCUT2D eigenvalue weighted by Gasteiger charge is 2.32. The van der Waals surface area contributed by atoms with Gasteiger partial charge in [-0.25, -0.2) is 9.67 Å². The smallest absolute Gasteiger partial charge is 0.255 e. The minimum Gasteiger partial charge on any atom is -0.504 e. The summed E-state index contributed by atoms with van der Waals surface area (Å²) in [6.45, 7) is 3.30. The van der Waals surface area contributed by atoms with E-state index in [2.05, 4.69) is 21.1 Å². The number of aromatic nitrogens is 3. The summed E-state index contributed by atoms with van der Waals surface area (Å²) in [5, 5.41) is 23.9. The number of aryl methyl sites for hydroxylation is 1. The highest BCUT2D eigenvalue weighted by molar-refractivity contribution is 5.94. The molecule has 152 valence electrons. The molecule has 0 bridgehead atoms. The van der Waals surface area contributed by atoms with Crippen LogP contribution >= 0.6 is 0 Å². The lowest BCUT2D eigenvalue weighted by molar-refractivity contribution is 0.0399. The summed E-state index contributed by atoms with van der Waals surface area (Å²) in [6.07, 6.45) is 3.01. The molecule has 1 amide bonds. The topological polar surface area (TPSA) is 98.3 Å². The fraction of sp³-hybridized carbons (Fsp3) is 0.273. The molecule has 3 aromatic rings. The van der Waals surface area contributed by atoms with Gasteiger partial charge in [-0.2, -0.15) is 10.4 Å². The maximum Gasteiger partial charge on any atom is 0.255 e. The van der Waals surface area contributed by atoms with Crippen molar-refractivity contribution in [2.24, 2.45) is 0 Å². The average molecular weight is 402 g/mol. The maximum absolute atomic E-state index is 12.6. The molecule has 0 unspecified atom stereocenters.